The van der Waals surface area contributed by atoms with Crippen LogP contribution in [0.25, 0.3) is 22.6 Å². The van der Waals surface area contributed by atoms with Crippen LogP contribution in [0.5, 0.6) is 0 Å². The molecular weight excluding hydrogens is 269 g/mol. The first-order valence-electron chi connectivity index (χ1n) is 5.38. The van der Waals surface area contributed by atoms with Crippen LogP contribution in [0.2, 0.25) is 10.0 Å². The van der Waals surface area contributed by atoms with Gasteiger partial charge in [0.2, 0.25) is 0 Å². The van der Waals surface area contributed by atoms with Crippen molar-refractivity contribution in [2.24, 2.45) is 0 Å². The van der Waals surface area contributed by atoms with Gasteiger partial charge >= 0.3 is 0 Å². The van der Waals surface area contributed by atoms with Gasteiger partial charge in [0.05, 0.1) is 15.7 Å². The number of nitrogens with one attached hydrogen (secondary N) is 2. The van der Waals surface area contributed by atoms with E-state index in [4.69, 9.17) is 23.2 Å². The third-order valence-electron chi connectivity index (χ3n) is 2.68. The highest BCUT2D eigenvalue weighted by Gasteiger charge is 2.11. The molecule has 0 atom stereocenters. The summed E-state index contributed by atoms with van der Waals surface area (Å²) in [6.45, 7) is 0. The molecule has 18 heavy (non-hydrogen) atoms. The third-order valence-corrected chi connectivity index (χ3v) is 3.50. The van der Waals surface area contributed by atoms with Gasteiger partial charge in [0.25, 0.3) is 0 Å². The first-order chi connectivity index (χ1) is 8.75. The van der Waals surface area contributed by atoms with Crippen molar-refractivity contribution >= 4 is 23.2 Å². The van der Waals surface area contributed by atoms with E-state index in [1.165, 1.54) is 0 Å². The van der Waals surface area contributed by atoms with Crippen LogP contribution < -0.4 is 0 Å². The molecule has 0 spiro atoms. The van der Waals surface area contributed by atoms with Crippen LogP contribution in [-0.4, -0.2) is 15.0 Å². The van der Waals surface area contributed by atoms with Gasteiger partial charge < -0.3 is 9.97 Å². The lowest BCUT2D eigenvalue weighted by Gasteiger charge is -2.01. The number of hydrogen-bond donors (Lipinski definition) is 2. The van der Waals surface area contributed by atoms with Gasteiger partial charge in [-0.2, -0.15) is 0 Å². The Balaban J connectivity index is 2.06. The molecule has 0 aliphatic rings. The van der Waals surface area contributed by atoms with Crippen LogP contribution in [0.1, 0.15) is 0 Å². The molecule has 0 bridgehead atoms. The second-order valence-corrected chi connectivity index (χ2v) is 4.62. The van der Waals surface area contributed by atoms with Gasteiger partial charge in [0.1, 0.15) is 5.82 Å². The molecule has 3 rings (SSSR count). The van der Waals surface area contributed by atoms with Gasteiger partial charge in [-0.1, -0.05) is 35.3 Å². The molecule has 1 aromatic carbocycles. The Bertz CT molecular complexity index is 671. The first kappa shape index (κ1) is 11.4. The smallest absolute Gasteiger partial charge is 0.139 e. The lowest BCUT2D eigenvalue weighted by Crippen LogP contribution is -1.81. The lowest BCUT2D eigenvalue weighted by molar-refractivity contribution is 1.31. The van der Waals surface area contributed by atoms with E-state index in [1.54, 1.807) is 6.07 Å². The molecule has 0 aliphatic carbocycles. The lowest BCUT2D eigenvalue weighted by atomic mass is 10.2. The molecule has 0 amide bonds. The SMILES string of the molecule is Clc1cccc(-c2c[nH]c(-c3cc[nH]c3)n2)c1Cl. The van der Waals surface area contributed by atoms with Crippen molar-refractivity contribution in [1.29, 1.82) is 0 Å². The fourth-order valence-corrected chi connectivity index (χ4v) is 2.18. The molecule has 3 aromatic rings. The molecule has 5 heteroatoms. The minimum absolute atomic E-state index is 0.520. The van der Waals surface area contributed by atoms with E-state index < -0.39 is 0 Å². The average molecular weight is 278 g/mol. The normalized spacial score (nSPS) is 10.8. The number of imidazole rings is 1. The summed E-state index contributed by atoms with van der Waals surface area (Å²) in [5.41, 5.74) is 2.60. The van der Waals surface area contributed by atoms with Gasteiger partial charge in [-0.25, -0.2) is 4.98 Å². The molecule has 2 aromatic heterocycles. The van der Waals surface area contributed by atoms with E-state index in [0.717, 1.165) is 22.6 Å². The van der Waals surface area contributed by atoms with Gasteiger partial charge in [-0.3, -0.25) is 0 Å². The standard InChI is InChI=1S/C13H9Cl2N3/c14-10-3-1-2-9(12(10)15)11-7-17-13(18-11)8-4-5-16-6-8/h1-7,16H,(H,17,18). The Kier molecular flexibility index (Phi) is 2.86. The summed E-state index contributed by atoms with van der Waals surface area (Å²) >= 11 is 12.2. The van der Waals surface area contributed by atoms with Gasteiger partial charge in [0, 0.05) is 29.7 Å². The zero-order valence-electron chi connectivity index (χ0n) is 9.24. The maximum atomic E-state index is 6.17. The maximum absolute atomic E-state index is 6.17. The summed E-state index contributed by atoms with van der Waals surface area (Å²) in [6, 6.07) is 7.45. The van der Waals surface area contributed by atoms with E-state index >= 15 is 0 Å². The zero-order chi connectivity index (χ0) is 12.5. The molecule has 0 radical (unpaired) electrons. The highest BCUT2D eigenvalue weighted by molar-refractivity contribution is 6.43. The van der Waals surface area contributed by atoms with Crippen LogP contribution in [0.3, 0.4) is 0 Å². The molecule has 0 saturated carbocycles. The van der Waals surface area contributed by atoms with E-state index in [9.17, 15) is 0 Å². The Hall–Kier alpha value is -1.71. The minimum Gasteiger partial charge on any atom is -0.367 e. The second kappa shape index (κ2) is 4.52. The van der Waals surface area contributed by atoms with Crippen molar-refractivity contribution < 1.29 is 0 Å². The Morgan fingerprint density at radius 2 is 1.94 bits per heavy atom. The monoisotopic (exact) mass is 277 g/mol. The molecule has 0 fully saturated rings. The van der Waals surface area contributed by atoms with Gasteiger partial charge in [-0.05, 0) is 12.1 Å². The summed E-state index contributed by atoms with van der Waals surface area (Å²) in [5, 5.41) is 1.05. The first-order valence-corrected chi connectivity index (χ1v) is 6.14. The topological polar surface area (TPSA) is 44.5 Å². The third kappa shape index (κ3) is 1.92. The van der Waals surface area contributed by atoms with Crippen LogP contribution in [0.4, 0.5) is 0 Å². The van der Waals surface area contributed by atoms with Crippen molar-refractivity contribution in [3.63, 3.8) is 0 Å². The number of hydrogen-bond acceptors (Lipinski definition) is 1. The Morgan fingerprint density at radius 3 is 2.72 bits per heavy atom. The van der Waals surface area contributed by atoms with Crippen molar-refractivity contribution in [3.8, 4) is 22.6 Å². The largest absolute Gasteiger partial charge is 0.367 e. The van der Waals surface area contributed by atoms with E-state index in [2.05, 4.69) is 15.0 Å². The van der Waals surface area contributed by atoms with E-state index in [0.29, 0.717) is 10.0 Å². The Morgan fingerprint density at radius 1 is 1.06 bits per heavy atom. The Labute approximate surface area is 114 Å². The quantitative estimate of drug-likeness (QED) is 0.717. The summed E-state index contributed by atoms with van der Waals surface area (Å²) in [4.78, 5) is 10.6. The average Bonchev–Trinajstić information content (AvgIpc) is 3.01. The number of aromatic amines is 2. The maximum Gasteiger partial charge on any atom is 0.139 e. The van der Waals surface area contributed by atoms with Crippen LogP contribution in [0, 0.1) is 0 Å². The molecule has 3 nitrogen and oxygen atoms in total. The highest BCUT2D eigenvalue weighted by atomic mass is 35.5. The van der Waals surface area contributed by atoms with E-state index in [-0.39, 0.29) is 0 Å². The summed E-state index contributed by atoms with van der Waals surface area (Å²) in [6.07, 6.45) is 5.55. The molecule has 0 saturated heterocycles. The molecule has 0 aliphatic heterocycles. The zero-order valence-corrected chi connectivity index (χ0v) is 10.8. The van der Waals surface area contributed by atoms with Crippen LogP contribution >= 0.6 is 23.2 Å². The molecule has 2 N–H and O–H groups in total. The van der Waals surface area contributed by atoms with Crippen molar-refractivity contribution in [3.05, 3.63) is 52.9 Å². The molecule has 90 valence electrons. The van der Waals surface area contributed by atoms with Gasteiger partial charge in [0.15, 0.2) is 0 Å². The summed E-state index contributed by atoms with van der Waals surface area (Å²) in [5.74, 6) is 0.794. The summed E-state index contributed by atoms with van der Waals surface area (Å²) in [7, 11) is 0. The number of nitrogens with zero attached hydrogens (tertiary/aromatic N) is 1. The fraction of sp³-hybridized carbons (Fsp3) is 0. The molecule has 2 heterocycles. The number of rotatable bonds is 2. The molecular formula is C13H9Cl2N3. The van der Waals surface area contributed by atoms with Gasteiger partial charge in [-0.15, -0.1) is 0 Å². The summed E-state index contributed by atoms with van der Waals surface area (Å²) < 4.78 is 0. The van der Waals surface area contributed by atoms with Crippen molar-refractivity contribution in [2.45, 2.75) is 0 Å². The molecule has 0 unspecified atom stereocenters. The predicted octanol–water partition coefficient (Wildman–Crippen LogP) is 4.38. The number of H-pyrrole nitrogens is 2. The van der Waals surface area contributed by atoms with Crippen molar-refractivity contribution in [1.82, 2.24) is 15.0 Å². The van der Waals surface area contributed by atoms with Crippen LogP contribution in [-0.2, 0) is 0 Å². The van der Waals surface area contributed by atoms with Crippen molar-refractivity contribution in [2.75, 3.05) is 0 Å². The fourth-order valence-electron chi connectivity index (χ4n) is 1.78. The van der Waals surface area contributed by atoms with E-state index in [1.807, 2.05) is 36.8 Å². The second-order valence-electron chi connectivity index (χ2n) is 3.84. The van der Waals surface area contributed by atoms with Crippen LogP contribution in [0.15, 0.2) is 42.9 Å². The predicted molar refractivity (Wildman–Crippen MR) is 73.8 cm³/mol. The number of halogens is 2. The highest BCUT2D eigenvalue weighted by Crippen LogP contribution is 2.33. The number of benzene rings is 1. The number of aromatic nitrogens is 3. The minimum atomic E-state index is 0.520.